The highest BCUT2D eigenvalue weighted by Gasteiger charge is 2.00. The van der Waals surface area contributed by atoms with Gasteiger partial charge >= 0.3 is 0 Å². The van der Waals surface area contributed by atoms with Crippen molar-refractivity contribution in [3.63, 3.8) is 0 Å². The number of benzene rings is 1. The van der Waals surface area contributed by atoms with Crippen LogP contribution in [0.5, 0.6) is 0 Å². The fourth-order valence-electron chi connectivity index (χ4n) is 1.73. The fourth-order valence-corrected chi connectivity index (χ4v) is 1.73. The molecule has 1 aromatic carbocycles. The Hall–Kier alpha value is -1.97. The molecule has 2 rings (SSSR count). The number of rotatable bonds is 5. The second-order valence-electron chi connectivity index (χ2n) is 4.09. The number of nitrogens with one attached hydrogen (secondary N) is 1. The number of hydrogen-bond acceptors (Lipinski definition) is 3. The third-order valence-electron chi connectivity index (χ3n) is 2.76. The van der Waals surface area contributed by atoms with Gasteiger partial charge < -0.3 is 11.1 Å². The minimum atomic E-state index is 0.839. The van der Waals surface area contributed by atoms with Crippen molar-refractivity contribution >= 4 is 11.4 Å². The molecular weight excluding hydrogens is 212 g/mol. The summed E-state index contributed by atoms with van der Waals surface area (Å²) in [6.45, 7) is 3.84. The van der Waals surface area contributed by atoms with Crippen LogP contribution in [-0.2, 0) is 6.54 Å². The number of nitrogens with two attached hydrogens (primary N) is 1. The van der Waals surface area contributed by atoms with E-state index in [0.717, 1.165) is 36.4 Å². The SMILES string of the molecule is Cc1cccc(NCCCn2cccn2)c1N. The van der Waals surface area contributed by atoms with Gasteiger partial charge in [0.25, 0.3) is 0 Å². The second-order valence-corrected chi connectivity index (χ2v) is 4.09. The van der Waals surface area contributed by atoms with E-state index in [-0.39, 0.29) is 0 Å². The summed E-state index contributed by atoms with van der Waals surface area (Å²) in [5, 5.41) is 7.51. The lowest BCUT2D eigenvalue weighted by atomic mass is 10.1. The van der Waals surface area contributed by atoms with Crippen LogP contribution in [0.3, 0.4) is 0 Å². The molecule has 0 atom stereocenters. The summed E-state index contributed by atoms with van der Waals surface area (Å²) < 4.78 is 1.93. The van der Waals surface area contributed by atoms with Crippen LogP contribution in [0, 0.1) is 6.92 Å². The van der Waals surface area contributed by atoms with E-state index in [4.69, 9.17) is 5.73 Å². The van der Waals surface area contributed by atoms with Crippen LogP contribution < -0.4 is 11.1 Å². The van der Waals surface area contributed by atoms with E-state index in [1.54, 1.807) is 6.20 Å². The lowest BCUT2D eigenvalue weighted by molar-refractivity contribution is 0.592. The molecule has 1 heterocycles. The van der Waals surface area contributed by atoms with Crippen molar-refractivity contribution in [3.05, 3.63) is 42.2 Å². The highest BCUT2D eigenvalue weighted by Crippen LogP contribution is 2.21. The summed E-state index contributed by atoms with van der Waals surface area (Å²) in [5.41, 5.74) is 8.95. The largest absolute Gasteiger partial charge is 0.397 e. The molecule has 4 heteroatoms. The van der Waals surface area contributed by atoms with Crippen molar-refractivity contribution < 1.29 is 0 Å². The summed E-state index contributed by atoms with van der Waals surface area (Å²) in [4.78, 5) is 0. The first-order valence-corrected chi connectivity index (χ1v) is 5.84. The monoisotopic (exact) mass is 230 g/mol. The number of hydrogen-bond donors (Lipinski definition) is 2. The molecule has 0 bridgehead atoms. The molecule has 17 heavy (non-hydrogen) atoms. The fraction of sp³-hybridized carbons (Fsp3) is 0.308. The average Bonchev–Trinajstić information content (AvgIpc) is 2.83. The molecular formula is C13H18N4. The van der Waals surface area contributed by atoms with Crippen molar-refractivity contribution in [3.8, 4) is 0 Å². The Balaban J connectivity index is 1.80. The Morgan fingerprint density at radius 2 is 2.24 bits per heavy atom. The second kappa shape index (κ2) is 5.39. The van der Waals surface area contributed by atoms with Crippen molar-refractivity contribution in [2.75, 3.05) is 17.6 Å². The Labute approximate surface area is 101 Å². The van der Waals surface area contributed by atoms with Crippen molar-refractivity contribution in [1.82, 2.24) is 9.78 Å². The number of nitrogen functional groups attached to an aromatic ring is 1. The molecule has 0 aliphatic carbocycles. The first-order chi connectivity index (χ1) is 8.27. The smallest absolute Gasteiger partial charge is 0.0579 e. The van der Waals surface area contributed by atoms with E-state index in [9.17, 15) is 0 Å². The predicted molar refractivity (Wildman–Crippen MR) is 70.9 cm³/mol. The van der Waals surface area contributed by atoms with Gasteiger partial charge in [0.15, 0.2) is 0 Å². The van der Waals surface area contributed by atoms with Crippen molar-refractivity contribution in [2.24, 2.45) is 0 Å². The summed E-state index contributed by atoms with van der Waals surface area (Å²) in [6, 6.07) is 7.98. The number of para-hydroxylation sites is 1. The van der Waals surface area contributed by atoms with E-state index in [1.165, 1.54) is 0 Å². The van der Waals surface area contributed by atoms with Crippen LogP contribution in [0.2, 0.25) is 0 Å². The van der Waals surface area contributed by atoms with Crippen LogP contribution in [0.4, 0.5) is 11.4 Å². The first kappa shape index (κ1) is 11.5. The van der Waals surface area contributed by atoms with E-state index < -0.39 is 0 Å². The van der Waals surface area contributed by atoms with Gasteiger partial charge in [-0.25, -0.2) is 0 Å². The molecule has 0 amide bonds. The molecule has 1 aromatic heterocycles. The van der Waals surface area contributed by atoms with Crippen LogP contribution in [0.15, 0.2) is 36.7 Å². The van der Waals surface area contributed by atoms with E-state index >= 15 is 0 Å². The maximum atomic E-state index is 5.98. The van der Waals surface area contributed by atoms with Gasteiger partial charge in [0.2, 0.25) is 0 Å². The summed E-state index contributed by atoms with van der Waals surface area (Å²) in [5.74, 6) is 0. The molecule has 4 nitrogen and oxygen atoms in total. The number of aryl methyl sites for hydroxylation is 2. The topological polar surface area (TPSA) is 55.9 Å². The van der Waals surface area contributed by atoms with Gasteiger partial charge in [-0.3, -0.25) is 4.68 Å². The highest BCUT2D eigenvalue weighted by molar-refractivity contribution is 5.69. The third-order valence-corrected chi connectivity index (χ3v) is 2.76. The van der Waals surface area contributed by atoms with Crippen molar-refractivity contribution in [2.45, 2.75) is 19.9 Å². The Kier molecular flexibility index (Phi) is 3.65. The van der Waals surface area contributed by atoms with Gasteiger partial charge in [0, 0.05) is 25.5 Å². The quantitative estimate of drug-likeness (QED) is 0.612. The van der Waals surface area contributed by atoms with Crippen LogP contribution in [0.1, 0.15) is 12.0 Å². The Morgan fingerprint density at radius 1 is 1.35 bits per heavy atom. The standard InChI is InChI=1S/C13H18N4/c1-11-5-2-6-12(13(11)14)15-7-3-9-17-10-4-8-16-17/h2,4-6,8,10,15H,3,7,9,14H2,1H3. The number of anilines is 2. The predicted octanol–water partition coefficient (Wildman–Crippen LogP) is 2.28. The zero-order valence-electron chi connectivity index (χ0n) is 10.1. The number of nitrogens with zero attached hydrogens (tertiary/aromatic N) is 2. The van der Waals surface area contributed by atoms with Gasteiger partial charge in [0.1, 0.15) is 0 Å². The van der Waals surface area contributed by atoms with Gasteiger partial charge in [0.05, 0.1) is 11.4 Å². The lowest BCUT2D eigenvalue weighted by Gasteiger charge is -2.10. The van der Waals surface area contributed by atoms with E-state index in [0.29, 0.717) is 0 Å². The highest BCUT2D eigenvalue weighted by atomic mass is 15.3. The Morgan fingerprint density at radius 3 is 3.00 bits per heavy atom. The maximum absolute atomic E-state index is 5.98. The molecule has 0 fully saturated rings. The molecule has 0 radical (unpaired) electrons. The third kappa shape index (κ3) is 3.00. The molecule has 0 aliphatic heterocycles. The average molecular weight is 230 g/mol. The molecule has 0 spiro atoms. The summed E-state index contributed by atoms with van der Waals surface area (Å²) in [7, 11) is 0. The molecule has 3 N–H and O–H groups in total. The van der Waals surface area contributed by atoms with Crippen LogP contribution in [-0.4, -0.2) is 16.3 Å². The normalized spacial score (nSPS) is 10.4. The van der Waals surface area contributed by atoms with Gasteiger partial charge in [-0.2, -0.15) is 5.10 Å². The van der Waals surface area contributed by atoms with Crippen LogP contribution >= 0.6 is 0 Å². The molecule has 2 aromatic rings. The maximum Gasteiger partial charge on any atom is 0.0579 e. The van der Waals surface area contributed by atoms with E-state index in [1.807, 2.05) is 42.1 Å². The molecule has 0 saturated carbocycles. The van der Waals surface area contributed by atoms with Gasteiger partial charge in [-0.1, -0.05) is 12.1 Å². The van der Waals surface area contributed by atoms with Gasteiger partial charge in [-0.15, -0.1) is 0 Å². The Bertz CT molecular complexity index is 462. The first-order valence-electron chi connectivity index (χ1n) is 5.84. The van der Waals surface area contributed by atoms with Gasteiger partial charge in [-0.05, 0) is 31.0 Å². The lowest BCUT2D eigenvalue weighted by Crippen LogP contribution is -2.08. The van der Waals surface area contributed by atoms with Crippen molar-refractivity contribution in [1.29, 1.82) is 0 Å². The molecule has 90 valence electrons. The minimum Gasteiger partial charge on any atom is -0.397 e. The van der Waals surface area contributed by atoms with Crippen LogP contribution in [0.25, 0.3) is 0 Å². The minimum absolute atomic E-state index is 0.839. The molecule has 0 aliphatic rings. The molecule has 0 unspecified atom stereocenters. The molecule has 0 saturated heterocycles. The summed E-state index contributed by atoms with van der Waals surface area (Å²) >= 11 is 0. The zero-order valence-corrected chi connectivity index (χ0v) is 10.1. The van der Waals surface area contributed by atoms with E-state index in [2.05, 4.69) is 10.4 Å². The zero-order chi connectivity index (χ0) is 12.1. The summed E-state index contributed by atoms with van der Waals surface area (Å²) in [6.07, 6.45) is 4.79. The number of aromatic nitrogens is 2.